The Morgan fingerprint density at radius 3 is 2.61 bits per heavy atom. The van der Waals surface area contributed by atoms with Crippen LogP contribution in [0.4, 0.5) is 0 Å². The van der Waals surface area contributed by atoms with Crippen molar-refractivity contribution in [3.05, 3.63) is 0 Å². The van der Waals surface area contributed by atoms with Gasteiger partial charge in [-0.25, -0.2) is 0 Å². The van der Waals surface area contributed by atoms with Crippen molar-refractivity contribution in [2.75, 3.05) is 26.8 Å². The molecule has 1 aliphatic heterocycles. The molecule has 2 nitrogen and oxygen atoms in total. The predicted molar refractivity (Wildman–Crippen MR) is 76.8 cm³/mol. The van der Waals surface area contributed by atoms with Gasteiger partial charge in [-0.1, -0.05) is 13.8 Å². The van der Waals surface area contributed by atoms with E-state index in [0.717, 1.165) is 25.0 Å². The normalized spacial score (nSPS) is 38.0. The highest BCUT2D eigenvalue weighted by atomic mass is 16.5. The van der Waals surface area contributed by atoms with Crippen molar-refractivity contribution in [3.8, 4) is 0 Å². The molecule has 0 spiro atoms. The van der Waals surface area contributed by atoms with E-state index in [1.807, 2.05) is 0 Å². The molecular formula is C16H31NO. The Morgan fingerprint density at radius 2 is 1.94 bits per heavy atom. The Morgan fingerprint density at radius 1 is 1.22 bits per heavy atom. The van der Waals surface area contributed by atoms with Crippen molar-refractivity contribution < 1.29 is 4.74 Å². The summed E-state index contributed by atoms with van der Waals surface area (Å²) >= 11 is 0. The number of likely N-dealkylation sites (tertiary alicyclic amines) is 1. The zero-order valence-electron chi connectivity index (χ0n) is 12.7. The van der Waals surface area contributed by atoms with Crippen LogP contribution in [0.15, 0.2) is 0 Å². The van der Waals surface area contributed by atoms with Gasteiger partial charge in [0.2, 0.25) is 0 Å². The maximum atomic E-state index is 5.78. The molecule has 0 aromatic heterocycles. The first-order valence-corrected chi connectivity index (χ1v) is 7.82. The van der Waals surface area contributed by atoms with Crippen molar-refractivity contribution in [1.82, 2.24) is 4.90 Å². The number of hydrogen-bond donors (Lipinski definition) is 0. The van der Waals surface area contributed by atoms with E-state index in [2.05, 4.69) is 32.7 Å². The van der Waals surface area contributed by atoms with Gasteiger partial charge in [-0.05, 0) is 69.9 Å². The van der Waals surface area contributed by atoms with Gasteiger partial charge in [0, 0.05) is 19.3 Å². The van der Waals surface area contributed by atoms with E-state index in [9.17, 15) is 0 Å². The van der Waals surface area contributed by atoms with Gasteiger partial charge < -0.3 is 9.64 Å². The Balaban J connectivity index is 1.73. The molecule has 0 bridgehead atoms. The highest BCUT2D eigenvalue weighted by molar-refractivity contribution is 4.93. The summed E-state index contributed by atoms with van der Waals surface area (Å²) in [5.74, 6) is 1.74. The van der Waals surface area contributed by atoms with E-state index < -0.39 is 0 Å². The minimum atomic E-state index is 0.468. The molecule has 0 radical (unpaired) electrons. The molecule has 2 fully saturated rings. The van der Waals surface area contributed by atoms with Crippen LogP contribution in [0.5, 0.6) is 0 Å². The first kappa shape index (κ1) is 14.3. The van der Waals surface area contributed by atoms with E-state index >= 15 is 0 Å². The van der Waals surface area contributed by atoms with E-state index in [1.165, 1.54) is 38.6 Å². The van der Waals surface area contributed by atoms with Gasteiger partial charge in [0.05, 0.1) is 0 Å². The van der Waals surface area contributed by atoms with Crippen LogP contribution in [0, 0.1) is 17.3 Å². The molecule has 2 rings (SSSR count). The molecule has 0 aromatic carbocycles. The standard InChI is InChI=1S/C16H31NO/c1-13-8-10-17(4)14(2)16(13,3)9-5-11-18-12-15-6-7-15/h13-15H,5-12H2,1-4H3. The lowest BCUT2D eigenvalue weighted by atomic mass is 9.66. The number of piperidine rings is 1. The fraction of sp³-hybridized carbons (Fsp3) is 1.00. The molecule has 2 heteroatoms. The lowest BCUT2D eigenvalue weighted by Crippen LogP contribution is -2.51. The number of hydrogen-bond acceptors (Lipinski definition) is 2. The summed E-state index contributed by atoms with van der Waals surface area (Å²) in [5.41, 5.74) is 0.468. The van der Waals surface area contributed by atoms with Crippen LogP contribution in [-0.2, 0) is 4.74 Å². The maximum absolute atomic E-state index is 5.78. The molecule has 18 heavy (non-hydrogen) atoms. The Hall–Kier alpha value is -0.0800. The summed E-state index contributed by atoms with van der Waals surface area (Å²) in [7, 11) is 2.28. The second-order valence-corrected chi connectivity index (χ2v) is 6.97. The van der Waals surface area contributed by atoms with Crippen molar-refractivity contribution in [1.29, 1.82) is 0 Å². The van der Waals surface area contributed by atoms with Crippen LogP contribution in [0.2, 0.25) is 0 Å². The molecule has 3 atom stereocenters. The summed E-state index contributed by atoms with van der Waals surface area (Å²) < 4.78 is 5.78. The highest BCUT2D eigenvalue weighted by Gasteiger charge is 2.41. The molecule has 0 amide bonds. The zero-order chi connectivity index (χ0) is 13.2. The second kappa shape index (κ2) is 5.92. The Labute approximate surface area is 113 Å². The average Bonchev–Trinajstić information content (AvgIpc) is 3.16. The van der Waals surface area contributed by atoms with Crippen LogP contribution in [-0.4, -0.2) is 37.7 Å². The molecule has 0 N–H and O–H groups in total. The number of ether oxygens (including phenoxy) is 1. The van der Waals surface area contributed by atoms with E-state index in [-0.39, 0.29) is 0 Å². The van der Waals surface area contributed by atoms with Gasteiger partial charge in [0.25, 0.3) is 0 Å². The lowest BCUT2D eigenvalue weighted by molar-refractivity contribution is -0.00726. The highest BCUT2D eigenvalue weighted by Crippen LogP contribution is 2.43. The van der Waals surface area contributed by atoms with Crippen LogP contribution >= 0.6 is 0 Å². The molecule has 1 saturated carbocycles. The van der Waals surface area contributed by atoms with Crippen molar-refractivity contribution in [2.24, 2.45) is 17.3 Å². The smallest absolute Gasteiger partial charge is 0.0494 e. The number of nitrogens with zero attached hydrogens (tertiary/aromatic N) is 1. The summed E-state index contributed by atoms with van der Waals surface area (Å²) in [5, 5.41) is 0. The molecule has 106 valence electrons. The van der Waals surface area contributed by atoms with E-state index in [0.29, 0.717) is 11.5 Å². The van der Waals surface area contributed by atoms with Gasteiger partial charge in [-0.2, -0.15) is 0 Å². The summed E-state index contributed by atoms with van der Waals surface area (Å²) in [6.07, 6.45) is 6.68. The van der Waals surface area contributed by atoms with Gasteiger partial charge in [0.15, 0.2) is 0 Å². The summed E-state index contributed by atoms with van der Waals surface area (Å²) in [6, 6.07) is 0.699. The van der Waals surface area contributed by atoms with Gasteiger partial charge in [0.1, 0.15) is 0 Å². The Bertz CT molecular complexity index is 264. The molecule has 1 aliphatic carbocycles. The van der Waals surface area contributed by atoms with Crippen molar-refractivity contribution >= 4 is 0 Å². The first-order valence-electron chi connectivity index (χ1n) is 7.82. The van der Waals surface area contributed by atoms with Crippen LogP contribution in [0.1, 0.15) is 52.9 Å². The zero-order valence-corrected chi connectivity index (χ0v) is 12.7. The van der Waals surface area contributed by atoms with Crippen LogP contribution < -0.4 is 0 Å². The topological polar surface area (TPSA) is 12.5 Å². The molecule has 3 unspecified atom stereocenters. The van der Waals surface area contributed by atoms with Crippen LogP contribution in [0.25, 0.3) is 0 Å². The minimum Gasteiger partial charge on any atom is -0.381 e. The molecule has 0 aromatic rings. The monoisotopic (exact) mass is 253 g/mol. The molecular weight excluding hydrogens is 222 g/mol. The lowest BCUT2D eigenvalue weighted by Gasteiger charge is -2.50. The fourth-order valence-corrected chi connectivity index (χ4v) is 3.38. The third kappa shape index (κ3) is 3.27. The van der Waals surface area contributed by atoms with E-state index in [1.54, 1.807) is 0 Å². The largest absolute Gasteiger partial charge is 0.381 e. The maximum Gasteiger partial charge on any atom is 0.0494 e. The van der Waals surface area contributed by atoms with Gasteiger partial charge >= 0.3 is 0 Å². The second-order valence-electron chi connectivity index (χ2n) is 6.97. The third-order valence-corrected chi connectivity index (χ3v) is 5.71. The SMILES string of the molecule is CC1CCN(C)C(C)C1(C)CCCOCC1CC1. The summed E-state index contributed by atoms with van der Waals surface area (Å²) in [4.78, 5) is 2.53. The third-order valence-electron chi connectivity index (χ3n) is 5.71. The van der Waals surface area contributed by atoms with Gasteiger partial charge in [-0.15, -0.1) is 0 Å². The average molecular weight is 253 g/mol. The quantitative estimate of drug-likeness (QED) is 0.671. The molecule has 1 heterocycles. The minimum absolute atomic E-state index is 0.468. The first-order chi connectivity index (χ1) is 8.54. The van der Waals surface area contributed by atoms with Crippen LogP contribution in [0.3, 0.4) is 0 Å². The van der Waals surface area contributed by atoms with E-state index in [4.69, 9.17) is 4.74 Å². The molecule has 2 aliphatic rings. The Kier molecular flexibility index (Phi) is 4.71. The van der Waals surface area contributed by atoms with Crippen molar-refractivity contribution in [3.63, 3.8) is 0 Å². The molecule has 1 saturated heterocycles. The summed E-state index contributed by atoms with van der Waals surface area (Å²) in [6.45, 7) is 10.6. The van der Waals surface area contributed by atoms with Gasteiger partial charge in [-0.3, -0.25) is 0 Å². The predicted octanol–water partition coefficient (Wildman–Crippen LogP) is 3.56. The fourth-order valence-electron chi connectivity index (χ4n) is 3.38. The van der Waals surface area contributed by atoms with Crippen molar-refractivity contribution in [2.45, 2.75) is 58.9 Å². The number of rotatable bonds is 6.